The fraction of sp³-hybridized carbons (Fsp3) is 0.727. The Labute approximate surface area is 276 Å². The summed E-state index contributed by atoms with van der Waals surface area (Å²) in [6.45, 7) is 9.32. The molecule has 2 aromatic carbocycles. The summed E-state index contributed by atoms with van der Waals surface area (Å²) in [4.78, 5) is 0. The molecule has 0 aromatic heterocycles. The van der Waals surface area contributed by atoms with Crippen molar-refractivity contribution in [2.75, 3.05) is 0 Å². The van der Waals surface area contributed by atoms with Crippen LogP contribution in [0.15, 0.2) is 30.3 Å². The van der Waals surface area contributed by atoms with Crippen molar-refractivity contribution in [1.29, 1.82) is 0 Å². The SMILES string of the molecule is CCCCCCCCc1[c]c(-c2ccccc2)c(CCCCCCCC)c(CCCCCCCC)c1CCCCCCCC. The fourth-order valence-corrected chi connectivity index (χ4v) is 7.09. The van der Waals surface area contributed by atoms with Gasteiger partial charge in [0.25, 0.3) is 0 Å². The third kappa shape index (κ3) is 16.1. The van der Waals surface area contributed by atoms with Crippen molar-refractivity contribution in [3.63, 3.8) is 0 Å². The van der Waals surface area contributed by atoms with Crippen molar-refractivity contribution in [2.24, 2.45) is 0 Å². The first-order valence-corrected chi connectivity index (χ1v) is 19.9. The molecule has 0 saturated carbocycles. The molecule has 0 unspecified atom stereocenters. The van der Waals surface area contributed by atoms with Crippen molar-refractivity contribution in [1.82, 2.24) is 0 Å². The van der Waals surface area contributed by atoms with Crippen molar-refractivity contribution in [3.05, 3.63) is 58.7 Å². The zero-order chi connectivity index (χ0) is 31.5. The zero-order valence-electron chi connectivity index (χ0n) is 30.2. The normalized spacial score (nSPS) is 11.5. The van der Waals surface area contributed by atoms with Crippen LogP contribution < -0.4 is 0 Å². The molecule has 0 saturated heterocycles. The predicted molar refractivity (Wildman–Crippen MR) is 199 cm³/mol. The quantitative estimate of drug-likeness (QED) is 0.0814. The van der Waals surface area contributed by atoms with Crippen LogP contribution in [0, 0.1) is 6.07 Å². The van der Waals surface area contributed by atoms with Gasteiger partial charge in [0, 0.05) is 0 Å². The van der Waals surface area contributed by atoms with Crippen molar-refractivity contribution in [2.45, 2.75) is 207 Å². The van der Waals surface area contributed by atoms with Crippen LogP contribution in [0.3, 0.4) is 0 Å². The molecule has 44 heavy (non-hydrogen) atoms. The van der Waals surface area contributed by atoms with Gasteiger partial charge in [-0.25, -0.2) is 0 Å². The van der Waals surface area contributed by atoms with Crippen LogP contribution in [-0.4, -0.2) is 0 Å². The first-order chi connectivity index (χ1) is 21.8. The highest BCUT2D eigenvalue weighted by molar-refractivity contribution is 5.70. The summed E-state index contributed by atoms with van der Waals surface area (Å²) in [6, 6.07) is 15.5. The molecular formula is C44H73. The Bertz CT molecular complexity index is 923. The third-order valence-corrected chi connectivity index (χ3v) is 9.85. The molecule has 0 aliphatic carbocycles. The van der Waals surface area contributed by atoms with E-state index in [0.717, 1.165) is 0 Å². The lowest BCUT2D eigenvalue weighted by Crippen LogP contribution is -2.09. The van der Waals surface area contributed by atoms with E-state index in [2.05, 4.69) is 64.1 Å². The number of benzene rings is 2. The summed E-state index contributed by atoms with van der Waals surface area (Å²) in [5.41, 5.74) is 9.61. The van der Waals surface area contributed by atoms with E-state index in [0.29, 0.717) is 0 Å². The highest BCUT2D eigenvalue weighted by Crippen LogP contribution is 2.35. The summed E-state index contributed by atoms with van der Waals surface area (Å²) in [6.07, 6.45) is 38.0. The molecule has 0 nitrogen and oxygen atoms in total. The Kier molecular flexibility index (Phi) is 23.4. The van der Waals surface area contributed by atoms with Crippen LogP contribution in [0.1, 0.15) is 204 Å². The van der Waals surface area contributed by atoms with Crippen molar-refractivity contribution >= 4 is 0 Å². The molecule has 2 rings (SSSR count). The molecule has 249 valence electrons. The van der Waals surface area contributed by atoms with Gasteiger partial charge in [0.15, 0.2) is 0 Å². The summed E-state index contributed by atoms with van der Waals surface area (Å²) in [7, 11) is 0. The van der Waals surface area contributed by atoms with E-state index in [9.17, 15) is 0 Å². The monoisotopic (exact) mass is 602 g/mol. The molecule has 1 radical (unpaired) electrons. The molecule has 0 spiro atoms. The molecule has 0 amide bonds. The van der Waals surface area contributed by atoms with E-state index < -0.39 is 0 Å². The molecule has 0 bridgehead atoms. The average molecular weight is 602 g/mol. The number of rotatable bonds is 29. The predicted octanol–water partition coefficient (Wildman–Crippen LogP) is 14.8. The lowest BCUT2D eigenvalue weighted by Gasteiger charge is -2.24. The standard InChI is InChI=1S/C44H73/c1-5-9-13-17-21-26-34-40-38-44(39-32-27-25-28-33-39)43(37-31-24-20-16-12-8-4)42(36-30-23-19-15-11-7-3)41(40)35-29-22-18-14-10-6-2/h25,27-28,32-33H,5-24,26,29-31,34-37H2,1-4H3. The molecule has 0 aliphatic rings. The second kappa shape index (κ2) is 26.6. The molecule has 0 N–H and O–H groups in total. The van der Waals surface area contributed by atoms with Crippen molar-refractivity contribution in [3.8, 4) is 11.1 Å². The van der Waals surface area contributed by atoms with Gasteiger partial charge in [-0.05, 0) is 90.8 Å². The summed E-state index contributed by atoms with van der Waals surface area (Å²) >= 11 is 0. The van der Waals surface area contributed by atoms with Gasteiger partial charge in [-0.2, -0.15) is 0 Å². The molecule has 0 aliphatic heterocycles. The van der Waals surface area contributed by atoms with Gasteiger partial charge < -0.3 is 0 Å². The number of hydrogen-bond acceptors (Lipinski definition) is 0. The topological polar surface area (TPSA) is 0 Å². The molecular weight excluding hydrogens is 528 g/mol. The van der Waals surface area contributed by atoms with E-state index >= 15 is 0 Å². The summed E-state index contributed by atoms with van der Waals surface area (Å²) < 4.78 is 0. The fourth-order valence-electron chi connectivity index (χ4n) is 7.09. The lowest BCUT2D eigenvalue weighted by atomic mass is 9.81. The zero-order valence-corrected chi connectivity index (χ0v) is 30.2. The minimum atomic E-state index is 1.22. The molecule has 0 fully saturated rings. The van der Waals surface area contributed by atoms with Gasteiger partial charge in [-0.1, -0.05) is 186 Å². The van der Waals surface area contributed by atoms with Crippen LogP contribution in [0.5, 0.6) is 0 Å². The Balaban J connectivity index is 2.42. The highest BCUT2D eigenvalue weighted by Gasteiger charge is 2.19. The first kappa shape index (κ1) is 38.6. The first-order valence-electron chi connectivity index (χ1n) is 19.9. The molecule has 0 atom stereocenters. The van der Waals surface area contributed by atoms with Gasteiger partial charge in [-0.3, -0.25) is 0 Å². The van der Waals surface area contributed by atoms with E-state index in [1.165, 1.54) is 191 Å². The Morgan fingerprint density at radius 1 is 0.364 bits per heavy atom. The van der Waals surface area contributed by atoms with E-state index in [1.807, 2.05) is 0 Å². The highest BCUT2D eigenvalue weighted by atomic mass is 14.2. The van der Waals surface area contributed by atoms with Crippen LogP contribution in [-0.2, 0) is 25.7 Å². The Hall–Kier alpha value is -1.56. The molecule has 0 heterocycles. The van der Waals surface area contributed by atoms with Crippen LogP contribution >= 0.6 is 0 Å². The Morgan fingerprint density at radius 3 is 1.18 bits per heavy atom. The summed E-state index contributed by atoms with van der Waals surface area (Å²) in [5, 5.41) is 0. The van der Waals surface area contributed by atoms with E-state index in [-0.39, 0.29) is 0 Å². The third-order valence-electron chi connectivity index (χ3n) is 9.85. The molecule has 0 heteroatoms. The van der Waals surface area contributed by atoms with Crippen LogP contribution in [0.25, 0.3) is 11.1 Å². The maximum atomic E-state index is 4.18. The van der Waals surface area contributed by atoms with Crippen LogP contribution in [0.4, 0.5) is 0 Å². The number of unbranched alkanes of at least 4 members (excludes halogenated alkanes) is 20. The maximum Gasteiger partial charge on any atom is -0.00584 e. The van der Waals surface area contributed by atoms with Gasteiger partial charge >= 0.3 is 0 Å². The number of hydrogen-bond donors (Lipinski definition) is 0. The maximum absolute atomic E-state index is 4.18. The minimum absolute atomic E-state index is 1.22. The Morgan fingerprint density at radius 2 is 0.727 bits per heavy atom. The van der Waals surface area contributed by atoms with Gasteiger partial charge in [0.05, 0.1) is 0 Å². The average Bonchev–Trinajstić information content (AvgIpc) is 3.05. The van der Waals surface area contributed by atoms with Gasteiger partial charge in [0.1, 0.15) is 0 Å². The van der Waals surface area contributed by atoms with Gasteiger partial charge in [-0.15, -0.1) is 0 Å². The van der Waals surface area contributed by atoms with Gasteiger partial charge in [0.2, 0.25) is 0 Å². The van der Waals surface area contributed by atoms with Crippen LogP contribution in [0.2, 0.25) is 0 Å². The summed E-state index contributed by atoms with van der Waals surface area (Å²) in [5.74, 6) is 0. The second-order valence-corrected chi connectivity index (χ2v) is 13.9. The number of aryl methyl sites for hydroxylation is 1. The minimum Gasteiger partial charge on any atom is -0.0654 e. The van der Waals surface area contributed by atoms with Crippen molar-refractivity contribution < 1.29 is 0 Å². The smallest absolute Gasteiger partial charge is 0.00584 e. The second-order valence-electron chi connectivity index (χ2n) is 13.9. The lowest BCUT2D eigenvalue weighted by molar-refractivity contribution is 0.588. The molecule has 2 aromatic rings. The van der Waals surface area contributed by atoms with E-state index in [4.69, 9.17) is 0 Å². The largest absolute Gasteiger partial charge is 0.0654 e. The van der Waals surface area contributed by atoms with E-state index in [1.54, 1.807) is 22.3 Å².